The highest BCUT2D eigenvalue weighted by Gasteiger charge is 2.27. The monoisotopic (exact) mass is 592 g/mol. The summed E-state index contributed by atoms with van der Waals surface area (Å²) in [6.45, 7) is 0. The summed E-state index contributed by atoms with van der Waals surface area (Å²) in [5.41, 5.74) is 9.90. The molecule has 46 heavy (non-hydrogen) atoms. The van der Waals surface area contributed by atoms with Crippen LogP contribution in [0.2, 0.25) is 0 Å². The first kappa shape index (κ1) is 26.2. The molecule has 4 heteroatoms. The molecule has 0 radical (unpaired) electrons. The Kier molecular flexibility index (Phi) is 5.77. The maximum absolute atomic E-state index is 11.8. The van der Waals surface area contributed by atoms with Crippen molar-refractivity contribution in [3.8, 4) is 45.1 Å². The molecule has 0 aliphatic rings. The van der Waals surface area contributed by atoms with E-state index in [4.69, 9.17) is 0 Å². The van der Waals surface area contributed by atoms with Gasteiger partial charge < -0.3 is 19.3 Å². The molecule has 9 rings (SSSR count). The first-order valence-electron chi connectivity index (χ1n) is 15.4. The topological polar surface area (TPSA) is 50.3 Å². The molecule has 2 aromatic heterocycles. The van der Waals surface area contributed by atoms with Crippen molar-refractivity contribution in [1.82, 2.24) is 9.13 Å². The Labute approximate surface area is 265 Å². The molecule has 0 spiro atoms. The molecule has 0 aliphatic carbocycles. The molecule has 0 saturated carbocycles. The number of phenols is 2. The van der Waals surface area contributed by atoms with Gasteiger partial charge in [-0.05, 0) is 64.7 Å². The van der Waals surface area contributed by atoms with E-state index in [1.54, 1.807) is 0 Å². The number of benzene rings is 7. The number of nitrogens with zero attached hydrogens (tertiary/aromatic N) is 2. The molecule has 0 aliphatic heterocycles. The Balaban J connectivity index is 1.52. The Morgan fingerprint density at radius 3 is 1.22 bits per heavy atom. The van der Waals surface area contributed by atoms with Gasteiger partial charge in [0.15, 0.2) is 11.5 Å². The predicted octanol–water partition coefficient (Wildman–Crippen LogP) is 10.6. The number of aromatic hydroxyl groups is 2. The lowest BCUT2D eigenvalue weighted by Crippen LogP contribution is -1.99. The summed E-state index contributed by atoms with van der Waals surface area (Å²) >= 11 is 0. The van der Waals surface area contributed by atoms with Crippen LogP contribution in [-0.4, -0.2) is 19.3 Å². The van der Waals surface area contributed by atoms with Gasteiger partial charge in [-0.2, -0.15) is 0 Å². The van der Waals surface area contributed by atoms with Gasteiger partial charge in [-0.3, -0.25) is 0 Å². The zero-order valence-electron chi connectivity index (χ0n) is 24.8. The predicted molar refractivity (Wildman–Crippen MR) is 189 cm³/mol. The zero-order chi connectivity index (χ0) is 30.8. The van der Waals surface area contributed by atoms with Crippen molar-refractivity contribution in [2.45, 2.75) is 0 Å². The lowest BCUT2D eigenvalue weighted by Gasteiger charge is -2.16. The first-order valence-corrected chi connectivity index (χ1v) is 15.4. The average molecular weight is 593 g/mol. The van der Waals surface area contributed by atoms with Crippen molar-refractivity contribution in [1.29, 1.82) is 0 Å². The molecule has 2 heterocycles. The standard InChI is InChI=1S/C42H28N2O2/c45-41-37-33-20-10-12-22-35(33)43(31-18-8-3-9-19-31)39(37)40-38(42(41)46)34-21-11-13-23-36(34)44(40)32-25-29(27-14-4-1-5-15-27)24-30(26-32)28-16-6-2-7-17-28/h1-26,45-46H. The summed E-state index contributed by atoms with van der Waals surface area (Å²) in [6, 6.07) is 53.9. The van der Waals surface area contributed by atoms with E-state index in [9.17, 15) is 10.2 Å². The molecule has 9 aromatic rings. The Hall–Kier alpha value is -6.26. The van der Waals surface area contributed by atoms with E-state index in [2.05, 4.69) is 100 Å². The fourth-order valence-electron chi connectivity index (χ4n) is 7.09. The number of hydrogen-bond acceptors (Lipinski definition) is 2. The summed E-state index contributed by atoms with van der Waals surface area (Å²) in [6.07, 6.45) is 0. The van der Waals surface area contributed by atoms with Gasteiger partial charge in [0, 0.05) is 22.1 Å². The minimum atomic E-state index is -0.115. The fourth-order valence-corrected chi connectivity index (χ4v) is 7.09. The van der Waals surface area contributed by atoms with E-state index in [1.807, 2.05) is 66.7 Å². The molecule has 0 atom stereocenters. The van der Waals surface area contributed by atoms with Crippen LogP contribution in [0.5, 0.6) is 11.5 Å². The van der Waals surface area contributed by atoms with E-state index in [-0.39, 0.29) is 11.5 Å². The third kappa shape index (κ3) is 3.80. The van der Waals surface area contributed by atoms with Crippen molar-refractivity contribution >= 4 is 43.6 Å². The van der Waals surface area contributed by atoms with Crippen LogP contribution in [-0.2, 0) is 0 Å². The Bertz CT molecular complexity index is 2520. The summed E-state index contributed by atoms with van der Waals surface area (Å²) < 4.78 is 4.46. The maximum Gasteiger partial charge on any atom is 0.168 e. The summed E-state index contributed by atoms with van der Waals surface area (Å²) in [4.78, 5) is 0. The summed E-state index contributed by atoms with van der Waals surface area (Å²) in [5, 5.41) is 26.6. The van der Waals surface area contributed by atoms with Gasteiger partial charge in [-0.15, -0.1) is 0 Å². The molecular weight excluding hydrogens is 564 g/mol. The lowest BCUT2D eigenvalue weighted by atomic mass is 9.98. The normalized spacial score (nSPS) is 11.7. The lowest BCUT2D eigenvalue weighted by molar-refractivity contribution is 0.413. The minimum Gasteiger partial charge on any atom is -0.504 e. The molecule has 4 nitrogen and oxygen atoms in total. The summed E-state index contributed by atoms with van der Waals surface area (Å²) in [5.74, 6) is -0.227. The molecule has 0 fully saturated rings. The maximum atomic E-state index is 11.8. The number of phenolic OH excluding ortho intramolecular Hbond substituents is 2. The molecule has 0 saturated heterocycles. The quantitative estimate of drug-likeness (QED) is 0.200. The van der Waals surface area contributed by atoms with Crippen LogP contribution in [0.1, 0.15) is 0 Å². The Morgan fingerprint density at radius 2 is 0.739 bits per heavy atom. The highest BCUT2D eigenvalue weighted by molar-refractivity contribution is 6.28. The van der Waals surface area contributed by atoms with Crippen molar-refractivity contribution in [2.24, 2.45) is 0 Å². The van der Waals surface area contributed by atoms with Gasteiger partial charge >= 0.3 is 0 Å². The molecule has 7 aromatic carbocycles. The zero-order valence-corrected chi connectivity index (χ0v) is 24.8. The van der Waals surface area contributed by atoms with Crippen molar-refractivity contribution < 1.29 is 10.2 Å². The van der Waals surface area contributed by atoms with Gasteiger partial charge in [0.25, 0.3) is 0 Å². The third-order valence-electron chi connectivity index (χ3n) is 9.08. The fraction of sp³-hybridized carbons (Fsp3) is 0. The number of aromatic nitrogens is 2. The van der Waals surface area contributed by atoms with E-state index < -0.39 is 0 Å². The molecule has 0 bridgehead atoms. The van der Waals surface area contributed by atoms with Gasteiger partial charge in [0.2, 0.25) is 0 Å². The smallest absolute Gasteiger partial charge is 0.168 e. The van der Waals surface area contributed by atoms with Crippen LogP contribution in [0.15, 0.2) is 158 Å². The molecule has 0 unspecified atom stereocenters. The number of para-hydroxylation sites is 3. The Morgan fingerprint density at radius 1 is 0.348 bits per heavy atom. The molecule has 2 N–H and O–H groups in total. The van der Waals surface area contributed by atoms with Gasteiger partial charge in [0.1, 0.15) is 0 Å². The second kappa shape index (κ2) is 10.1. The van der Waals surface area contributed by atoms with Crippen LogP contribution in [0.25, 0.3) is 77.2 Å². The van der Waals surface area contributed by atoms with E-state index in [1.165, 1.54) is 0 Å². The third-order valence-corrected chi connectivity index (χ3v) is 9.08. The van der Waals surface area contributed by atoms with Crippen LogP contribution >= 0.6 is 0 Å². The molecular formula is C42H28N2O2. The van der Waals surface area contributed by atoms with Gasteiger partial charge in [0.05, 0.1) is 32.8 Å². The van der Waals surface area contributed by atoms with Gasteiger partial charge in [-0.1, -0.05) is 115 Å². The number of hydrogen-bond donors (Lipinski definition) is 2. The van der Waals surface area contributed by atoms with Crippen molar-refractivity contribution in [2.75, 3.05) is 0 Å². The van der Waals surface area contributed by atoms with E-state index in [0.717, 1.165) is 66.5 Å². The highest BCUT2D eigenvalue weighted by atomic mass is 16.3. The van der Waals surface area contributed by atoms with E-state index >= 15 is 0 Å². The van der Waals surface area contributed by atoms with Crippen LogP contribution < -0.4 is 0 Å². The second-order valence-electron chi connectivity index (χ2n) is 11.7. The second-order valence-corrected chi connectivity index (χ2v) is 11.7. The van der Waals surface area contributed by atoms with E-state index in [0.29, 0.717) is 10.8 Å². The molecule has 218 valence electrons. The van der Waals surface area contributed by atoms with Crippen LogP contribution in [0, 0.1) is 0 Å². The minimum absolute atomic E-state index is 0.112. The van der Waals surface area contributed by atoms with Gasteiger partial charge in [-0.25, -0.2) is 0 Å². The first-order chi connectivity index (χ1) is 22.7. The number of fused-ring (bicyclic) bond motifs is 7. The van der Waals surface area contributed by atoms with Crippen molar-refractivity contribution in [3.05, 3.63) is 158 Å². The highest BCUT2D eigenvalue weighted by Crippen LogP contribution is 2.51. The summed E-state index contributed by atoms with van der Waals surface area (Å²) in [7, 11) is 0. The molecule has 0 amide bonds. The average Bonchev–Trinajstić information content (AvgIpc) is 3.65. The number of rotatable bonds is 4. The van der Waals surface area contributed by atoms with Crippen LogP contribution in [0.4, 0.5) is 0 Å². The SMILES string of the molecule is Oc1c(O)c2c3ccccc3n(-c3cc(-c4ccccc4)cc(-c4ccccc4)c3)c2c2c1c1ccccc1n2-c1ccccc1. The van der Waals surface area contributed by atoms with Crippen LogP contribution in [0.3, 0.4) is 0 Å². The van der Waals surface area contributed by atoms with Crippen molar-refractivity contribution in [3.63, 3.8) is 0 Å². The largest absolute Gasteiger partial charge is 0.504 e.